The number of amides is 1. The van der Waals surface area contributed by atoms with E-state index in [-0.39, 0.29) is 5.91 Å². The van der Waals surface area contributed by atoms with Gasteiger partial charge in [0.15, 0.2) is 0 Å². The van der Waals surface area contributed by atoms with E-state index in [1.54, 1.807) is 7.05 Å². The second-order valence-electron chi connectivity index (χ2n) is 3.34. The van der Waals surface area contributed by atoms with Gasteiger partial charge in [-0.05, 0) is 13.3 Å². The highest BCUT2D eigenvalue weighted by Gasteiger charge is 2.14. The molecule has 1 amide bonds. The van der Waals surface area contributed by atoms with Gasteiger partial charge in [0.2, 0.25) is 5.91 Å². The van der Waals surface area contributed by atoms with E-state index in [1.165, 1.54) is 0 Å². The molecule has 1 N–H and O–H groups in total. The van der Waals surface area contributed by atoms with Gasteiger partial charge in [0.1, 0.15) is 0 Å². The van der Waals surface area contributed by atoms with Gasteiger partial charge in [-0.2, -0.15) is 0 Å². The zero-order valence-electron chi connectivity index (χ0n) is 8.88. The Bertz CT molecular complexity index is 220. The maximum Gasteiger partial charge on any atom is 0.247 e. The minimum absolute atomic E-state index is 0.00178. The lowest BCUT2D eigenvalue weighted by Crippen LogP contribution is -2.37. The van der Waals surface area contributed by atoms with Crippen LogP contribution in [0, 0.1) is 0 Å². The van der Waals surface area contributed by atoms with Gasteiger partial charge in [-0.3, -0.25) is 9.69 Å². The molecule has 4 heteroatoms. The van der Waals surface area contributed by atoms with Crippen LogP contribution in [0.1, 0.15) is 13.3 Å². The van der Waals surface area contributed by atoms with Crippen molar-refractivity contribution >= 4 is 5.91 Å². The minimum Gasteiger partial charge on any atom is -0.366 e. The molecule has 0 bridgehead atoms. The third kappa shape index (κ3) is 3.12. The van der Waals surface area contributed by atoms with E-state index in [1.807, 2.05) is 13.0 Å². The number of carbonyl (C=O) groups is 1. The van der Waals surface area contributed by atoms with Crippen molar-refractivity contribution in [2.45, 2.75) is 13.3 Å². The zero-order chi connectivity index (χ0) is 10.4. The van der Waals surface area contributed by atoms with Crippen molar-refractivity contribution < 1.29 is 9.53 Å². The van der Waals surface area contributed by atoms with Crippen LogP contribution < -0.4 is 5.32 Å². The first kappa shape index (κ1) is 11.2. The average Bonchev–Trinajstić information content (AvgIpc) is 2.26. The summed E-state index contributed by atoms with van der Waals surface area (Å²) < 4.78 is 5.31. The summed E-state index contributed by atoms with van der Waals surface area (Å²) in [4.78, 5) is 13.5. The Morgan fingerprint density at radius 2 is 2.43 bits per heavy atom. The summed E-state index contributed by atoms with van der Waals surface area (Å²) in [5, 5.41) is 2.63. The molecular formula is C10H18N2O2. The fraction of sp³-hybridized carbons (Fsp3) is 0.700. The number of nitrogens with one attached hydrogen (secondary N) is 1. The highest BCUT2D eigenvalue weighted by atomic mass is 16.5. The van der Waals surface area contributed by atoms with Crippen molar-refractivity contribution in [1.82, 2.24) is 10.2 Å². The number of ether oxygens (including phenoxy) is 1. The van der Waals surface area contributed by atoms with E-state index in [9.17, 15) is 4.79 Å². The molecule has 0 unspecified atom stereocenters. The molecule has 0 spiro atoms. The van der Waals surface area contributed by atoms with Crippen molar-refractivity contribution in [3.8, 4) is 0 Å². The first-order valence-electron chi connectivity index (χ1n) is 4.95. The summed E-state index contributed by atoms with van der Waals surface area (Å²) in [5.74, 6) is -0.00178. The zero-order valence-corrected chi connectivity index (χ0v) is 8.88. The van der Waals surface area contributed by atoms with E-state index in [0.717, 1.165) is 25.1 Å². The number of hydrogen-bond donors (Lipinski definition) is 1. The lowest BCUT2D eigenvalue weighted by Gasteiger charge is -2.26. The summed E-state index contributed by atoms with van der Waals surface area (Å²) in [5.41, 5.74) is 0.804. The average molecular weight is 198 g/mol. The molecule has 0 aromatic rings. The first-order chi connectivity index (χ1) is 6.77. The standard InChI is InChI=1S/C10H18N2O2/c1-3-9(10(13)11-2)7-12-5-4-6-14-8-12/h3H,4-8H2,1-2H3,(H,11,13)/b9-3+. The maximum absolute atomic E-state index is 11.4. The Hall–Kier alpha value is -0.870. The van der Waals surface area contributed by atoms with Gasteiger partial charge in [-0.15, -0.1) is 0 Å². The Balaban J connectivity index is 2.43. The van der Waals surface area contributed by atoms with Crippen LogP contribution in [-0.4, -0.2) is 44.3 Å². The first-order valence-corrected chi connectivity index (χ1v) is 4.95. The molecular weight excluding hydrogens is 180 g/mol. The lowest BCUT2D eigenvalue weighted by molar-refractivity contribution is -0.117. The maximum atomic E-state index is 11.4. The Morgan fingerprint density at radius 3 is 2.93 bits per heavy atom. The second kappa shape index (κ2) is 5.78. The van der Waals surface area contributed by atoms with Gasteiger partial charge >= 0.3 is 0 Å². The molecule has 0 aliphatic carbocycles. The molecule has 1 fully saturated rings. The third-order valence-electron chi connectivity index (χ3n) is 2.30. The molecule has 80 valence electrons. The monoisotopic (exact) mass is 198 g/mol. The van der Waals surface area contributed by atoms with Gasteiger partial charge in [-0.25, -0.2) is 0 Å². The van der Waals surface area contributed by atoms with Crippen molar-refractivity contribution in [2.24, 2.45) is 0 Å². The van der Waals surface area contributed by atoms with E-state index >= 15 is 0 Å². The van der Waals surface area contributed by atoms with Crippen molar-refractivity contribution in [2.75, 3.05) is 33.5 Å². The summed E-state index contributed by atoms with van der Waals surface area (Å²) in [6.07, 6.45) is 2.90. The van der Waals surface area contributed by atoms with Crippen molar-refractivity contribution in [3.05, 3.63) is 11.6 Å². The Morgan fingerprint density at radius 1 is 1.64 bits per heavy atom. The minimum atomic E-state index is -0.00178. The fourth-order valence-electron chi connectivity index (χ4n) is 1.47. The smallest absolute Gasteiger partial charge is 0.247 e. The topological polar surface area (TPSA) is 41.6 Å². The van der Waals surface area contributed by atoms with Crippen LogP contribution >= 0.6 is 0 Å². The number of carbonyl (C=O) groups excluding carboxylic acids is 1. The highest BCUT2D eigenvalue weighted by Crippen LogP contribution is 2.05. The Kier molecular flexibility index (Phi) is 4.62. The van der Waals surface area contributed by atoms with Crippen LogP contribution in [0.4, 0.5) is 0 Å². The van der Waals surface area contributed by atoms with E-state index in [0.29, 0.717) is 13.3 Å². The highest BCUT2D eigenvalue weighted by molar-refractivity contribution is 5.93. The van der Waals surface area contributed by atoms with E-state index in [2.05, 4.69) is 10.2 Å². The SMILES string of the molecule is C/C=C(\CN1CCCOC1)C(=O)NC. The van der Waals surface area contributed by atoms with Crippen molar-refractivity contribution in [1.29, 1.82) is 0 Å². The number of nitrogens with zero attached hydrogens (tertiary/aromatic N) is 1. The quantitative estimate of drug-likeness (QED) is 0.666. The molecule has 1 aliphatic rings. The second-order valence-corrected chi connectivity index (χ2v) is 3.34. The van der Waals surface area contributed by atoms with Gasteiger partial charge in [0.05, 0.1) is 6.73 Å². The van der Waals surface area contributed by atoms with Gasteiger partial charge in [0, 0.05) is 32.3 Å². The van der Waals surface area contributed by atoms with Gasteiger partial charge in [-0.1, -0.05) is 6.08 Å². The van der Waals surface area contributed by atoms with Crippen LogP contribution in [0.2, 0.25) is 0 Å². The lowest BCUT2D eigenvalue weighted by atomic mass is 10.2. The molecule has 14 heavy (non-hydrogen) atoms. The number of likely N-dealkylation sites (N-methyl/N-ethyl adjacent to an activating group) is 1. The molecule has 1 aliphatic heterocycles. The predicted molar refractivity (Wildman–Crippen MR) is 54.8 cm³/mol. The normalized spacial score (nSPS) is 19.4. The molecule has 1 heterocycles. The van der Waals surface area contributed by atoms with Crippen LogP contribution in [0.25, 0.3) is 0 Å². The molecule has 0 atom stereocenters. The van der Waals surface area contributed by atoms with Crippen LogP contribution in [0.5, 0.6) is 0 Å². The molecule has 0 radical (unpaired) electrons. The largest absolute Gasteiger partial charge is 0.366 e. The van der Waals surface area contributed by atoms with E-state index < -0.39 is 0 Å². The molecule has 0 aromatic carbocycles. The molecule has 0 aromatic heterocycles. The summed E-state index contributed by atoms with van der Waals surface area (Å²) in [6.45, 7) is 5.04. The molecule has 1 rings (SSSR count). The van der Waals surface area contributed by atoms with E-state index in [4.69, 9.17) is 4.74 Å². The summed E-state index contributed by atoms with van der Waals surface area (Å²) >= 11 is 0. The van der Waals surface area contributed by atoms with Gasteiger partial charge < -0.3 is 10.1 Å². The molecule has 0 saturated carbocycles. The fourth-order valence-corrected chi connectivity index (χ4v) is 1.47. The summed E-state index contributed by atoms with van der Waals surface area (Å²) in [6, 6.07) is 0. The van der Waals surface area contributed by atoms with Crippen LogP contribution in [0.3, 0.4) is 0 Å². The van der Waals surface area contributed by atoms with Gasteiger partial charge in [0.25, 0.3) is 0 Å². The van der Waals surface area contributed by atoms with Crippen molar-refractivity contribution in [3.63, 3.8) is 0 Å². The van der Waals surface area contributed by atoms with Crippen LogP contribution in [-0.2, 0) is 9.53 Å². The van der Waals surface area contributed by atoms with Crippen LogP contribution in [0.15, 0.2) is 11.6 Å². The summed E-state index contributed by atoms with van der Waals surface area (Å²) in [7, 11) is 1.65. The number of allylic oxidation sites excluding steroid dienone is 1. The number of hydrogen-bond acceptors (Lipinski definition) is 3. The number of rotatable bonds is 3. The Labute approximate surface area is 84.9 Å². The molecule has 4 nitrogen and oxygen atoms in total. The predicted octanol–water partition coefficient (Wildman–Crippen LogP) is 0.358. The third-order valence-corrected chi connectivity index (χ3v) is 2.30. The molecule has 1 saturated heterocycles.